The molecule has 0 saturated heterocycles. The number of nitrogens with zero attached hydrogens (tertiary/aromatic N) is 5. The first-order chi connectivity index (χ1) is 18.8. The van der Waals surface area contributed by atoms with Gasteiger partial charge in [0.2, 0.25) is 5.91 Å². The number of carbonyl (C=O) groups is 1. The SMILES string of the molecule is COc1ccc(CN2CCC(c3cc(C)c(-c4cnc5cc(NC(=O)[C@H]6CC6(F)F)ncc5c4)cn3)=N2)cc1. The molecule has 0 bridgehead atoms. The first kappa shape index (κ1) is 24.8. The van der Waals surface area contributed by atoms with Gasteiger partial charge in [0.05, 0.1) is 30.6 Å². The highest BCUT2D eigenvalue weighted by atomic mass is 19.3. The van der Waals surface area contributed by atoms with Gasteiger partial charge in [-0.2, -0.15) is 5.10 Å². The van der Waals surface area contributed by atoms with Gasteiger partial charge in [-0.15, -0.1) is 0 Å². The second-order valence-corrected chi connectivity index (χ2v) is 9.91. The van der Waals surface area contributed by atoms with E-state index < -0.39 is 24.2 Å². The van der Waals surface area contributed by atoms with Crippen molar-refractivity contribution < 1.29 is 18.3 Å². The van der Waals surface area contributed by atoms with Crippen LogP contribution in [0.2, 0.25) is 0 Å². The highest BCUT2D eigenvalue weighted by Crippen LogP contribution is 2.49. The van der Waals surface area contributed by atoms with E-state index in [4.69, 9.17) is 14.8 Å². The minimum absolute atomic E-state index is 0.205. The summed E-state index contributed by atoms with van der Waals surface area (Å²) in [6.07, 6.45) is 5.54. The number of halogens is 2. The molecule has 39 heavy (non-hydrogen) atoms. The molecule has 1 saturated carbocycles. The van der Waals surface area contributed by atoms with E-state index in [9.17, 15) is 13.6 Å². The third kappa shape index (κ3) is 5.14. The quantitative estimate of drug-likeness (QED) is 0.354. The van der Waals surface area contributed by atoms with Crippen LogP contribution in [0.25, 0.3) is 22.0 Å². The van der Waals surface area contributed by atoms with E-state index in [1.807, 2.05) is 49.5 Å². The Balaban J connectivity index is 1.16. The van der Waals surface area contributed by atoms with Crippen LogP contribution in [0.3, 0.4) is 0 Å². The van der Waals surface area contributed by atoms with Crippen molar-refractivity contribution in [2.75, 3.05) is 19.0 Å². The molecule has 6 rings (SSSR count). The Morgan fingerprint density at radius 1 is 1.10 bits per heavy atom. The van der Waals surface area contributed by atoms with Crippen LogP contribution in [-0.2, 0) is 11.3 Å². The third-order valence-electron chi connectivity index (χ3n) is 7.07. The Labute approximate surface area is 223 Å². The number of rotatable bonds is 7. The summed E-state index contributed by atoms with van der Waals surface area (Å²) in [6.45, 7) is 3.58. The molecule has 1 N–H and O–H groups in total. The third-order valence-corrected chi connectivity index (χ3v) is 7.07. The molecule has 198 valence electrons. The topological polar surface area (TPSA) is 92.6 Å². The highest BCUT2D eigenvalue weighted by molar-refractivity contribution is 6.00. The predicted molar refractivity (Wildman–Crippen MR) is 144 cm³/mol. The number of hydrogen-bond acceptors (Lipinski definition) is 7. The van der Waals surface area contributed by atoms with E-state index in [2.05, 4.69) is 20.3 Å². The molecule has 1 aromatic carbocycles. The number of ether oxygens (including phenoxy) is 1. The number of carbonyl (C=O) groups excluding carboxylic acids is 1. The number of nitrogens with one attached hydrogen (secondary N) is 1. The minimum atomic E-state index is -2.92. The van der Waals surface area contributed by atoms with Gasteiger partial charge >= 0.3 is 0 Å². The molecule has 0 unspecified atom stereocenters. The molecule has 1 fully saturated rings. The number of benzene rings is 1. The predicted octanol–water partition coefficient (Wildman–Crippen LogP) is 5.21. The summed E-state index contributed by atoms with van der Waals surface area (Å²) in [7, 11) is 1.66. The van der Waals surface area contributed by atoms with E-state index in [1.165, 1.54) is 0 Å². The fourth-order valence-corrected chi connectivity index (χ4v) is 4.71. The molecule has 0 spiro atoms. The van der Waals surface area contributed by atoms with Crippen molar-refractivity contribution in [3.8, 4) is 16.9 Å². The lowest BCUT2D eigenvalue weighted by Crippen LogP contribution is -2.18. The molecule has 4 aromatic rings. The maximum atomic E-state index is 13.2. The Hall–Kier alpha value is -4.47. The zero-order chi connectivity index (χ0) is 27.1. The molecule has 1 amide bonds. The maximum absolute atomic E-state index is 13.2. The maximum Gasteiger partial charge on any atom is 0.260 e. The smallest absolute Gasteiger partial charge is 0.260 e. The molecule has 1 atom stereocenters. The average Bonchev–Trinajstić information content (AvgIpc) is 3.34. The number of amides is 1. The Morgan fingerprint density at radius 2 is 1.90 bits per heavy atom. The van der Waals surface area contributed by atoms with E-state index in [1.54, 1.807) is 25.6 Å². The Kier molecular flexibility index (Phi) is 6.17. The first-order valence-electron chi connectivity index (χ1n) is 12.7. The van der Waals surface area contributed by atoms with Crippen LogP contribution in [0.5, 0.6) is 5.75 Å². The van der Waals surface area contributed by atoms with Crippen LogP contribution >= 0.6 is 0 Å². The van der Waals surface area contributed by atoms with E-state index in [0.717, 1.165) is 64.3 Å². The number of hydrogen-bond donors (Lipinski definition) is 1. The van der Waals surface area contributed by atoms with Crippen molar-refractivity contribution >= 4 is 28.3 Å². The molecular weight excluding hydrogens is 502 g/mol. The lowest BCUT2D eigenvalue weighted by atomic mass is 10.0. The summed E-state index contributed by atoms with van der Waals surface area (Å²) >= 11 is 0. The molecule has 2 aliphatic rings. The zero-order valence-corrected chi connectivity index (χ0v) is 21.5. The number of aromatic nitrogens is 3. The number of fused-ring (bicyclic) bond motifs is 1. The standard InChI is InChI=1S/C29H26F2N6O2/c1-17-9-26(24-7-8-37(36-24)16-18-3-5-21(39-2)6-4-18)33-15-22(17)19-10-20-14-34-27(11-25(20)32-13-19)35-28(38)23-12-29(23,30)31/h3-6,9-11,13-15,23H,7-8,12,16H2,1-2H3,(H,34,35,38)/t23-/m1/s1. The second kappa shape index (κ2) is 9.68. The number of alkyl halides is 2. The average molecular weight is 529 g/mol. The second-order valence-electron chi connectivity index (χ2n) is 9.91. The summed E-state index contributed by atoms with van der Waals surface area (Å²) in [5.41, 5.74) is 6.44. The number of methoxy groups -OCH3 is 1. The normalized spacial score (nSPS) is 17.7. The number of hydrazone groups is 1. The van der Waals surface area contributed by atoms with Crippen LogP contribution in [0.4, 0.5) is 14.6 Å². The number of anilines is 1. The molecule has 0 radical (unpaired) electrons. The van der Waals surface area contributed by atoms with Crippen LogP contribution < -0.4 is 10.1 Å². The van der Waals surface area contributed by atoms with Crippen LogP contribution in [0, 0.1) is 12.8 Å². The summed E-state index contributed by atoms with van der Waals surface area (Å²) in [4.78, 5) is 25.4. The van der Waals surface area contributed by atoms with Gasteiger partial charge < -0.3 is 10.1 Å². The highest BCUT2D eigenvalue weighted by Gasteiger charge is 2.61. The van der Waals surface area contributed by atoms with Gasteiger partial charge in [-0.25, -0.2) is 13.8 Å². The van der Waals surface area contributed by atoms with E-state index in [-0.39, 0.29) is 5.82 Å². The molecule has 8 nitrogen and oxygen atoms in total. The summed E-state index contributed by atoms with van der Waals surface area (Å²) in [5, 5.41) is 10.1. The molecule has 1 aliphatic carbocycles. The van der Waals surface area contributed by atoms with Crippen molar-refractivity contribution in [3.05, 3.63) is 77.9 Å². The van der Waals surface area contributed by atoms with Gasteiger partial charge in [0.1, 0.15) is 17.5 Å². The fourth-order valence-electron chi connectivity index (χ4n) is 4.71. The van der Waals surface area contributed by atoms with Gasteiger partial charge in [0.25, 0.3) is 5.92 Å². The minimum Gasteiger partial charge on any atom is -0.497 e. The van der Waals surface area contributed by atoms with Crippen LogP contribution in [-0.4, -0.2) is 51.2 Å². The zero-order valence-electron chi connectivity index (χ0n) is 21.5. The molecule has 4 heterocycles. The van der Waals surface area contributed by atoms with Gasteiger partial charge in [-0.1, -0.05) is 12.1 Å². The van der Waals surface area contributed by atoms with E-state index >= 15 is 0 Å². The summed E-state index contributed by atoms with van der Waals surface area (Å²) in [5.74, 6) is -3.89. The summed E-state index contributed by atoms with van der Waals surface area (Å²) in [6, 6.07) is 13.6. The Morgan fingerprint density at radius 3 is 2.62 bits per heavy atom. The van der Waals surface area contributed by atoms with Crippen LogP contribution in [0.15, 0.2) is 66.2 Å². The van der Waals surface area contributed by atoms with E-state index in [0.29, 0.717) is 5.52 Å². The lowest BCUT2D eigenvalue weighted by Gasteiger charge is -2.13. The molecular formula is C29H26F2N6O2. The van der Waals surface area contributed by atoms with Gasteiger partial charge in [0, 0.05) is 60.6 Å². The lowest BCUT2D eigenvalue weighted by molar-refractivity contribution is -0.119. The molecule has 10 heteroatoms. The first-order valence-corrected chi connectivity index (χ1v) is 12.7. The monoisotopic (exact) mass is 528 g/mol. The van der Waals surface area contributed by atoms with Crippen molar-refractivity contribution in [1.82, 2.24) is 20.0 Å². The Bertz CT molecular complexity index is 1610. The summed E-state index contributed by atoms with van der Waals surface area (Å²) < 4.78 is 31.6. The van der Waals surface area contributed by atoms with Crippen molar-refractivity contribution in [2.45, 2.75) is 32.2 Å². The largest absolute Gasteiger partial charge is 0.497 e. The van der Waals surface area contributed by atoms with Gasteiger partial charge in [0.15, 0.2) is 0 Å². The van der Waals surface area contributed by atoms with Crippen molar-refractivity contribution in [2.24, 2.45) is 11.0 Å². The van der Waals surface area contributed by atoms with Crippen molar-refractivity contribution in [3.63, 3.8) is 0 Å². The van der Waals surface area contributed by atoms with Crippen LogP contribution in [0.1, 0.15) is 29.7 Å². The van der Waals surface area contributed by atoms with Crippen molar-refractivity contribution in [1.29, 1.82) is 0 Å². The fraction of sp³-hybridized carbons (Fsp3) is 0.276. The number of pyridine rings is 3. The number of aryl methyl sites for hydroxylation is 1. The van der Waals surface area contributed by atoms with Gasteiger partial charge in [-0.05, 0) is 42.3 Å². The molecule has 3 aromatic heterocycles. The molecule has 1 aliphatic heterocycles. The van der Waals surface area contributed by atoms with Gasteiger partial charge in [-0.3, -0.25) is 19.8 Å².